The summed E-state index contributed by atoms with van der Waals surface area (Å²) in [6, 6.07) is 2.99. The van der Waals surface area contributed by atoms with Gasteiger partial charge in [-0.25, -0.2) is 4.79 Å². The van der Waals surface area contributed by atoms with Gasteiger partial charge in [0.25, 0.3) is 5.91 Å². The van der Waals surface area contributed by atoms with Crippen molar-refractivity contribution in [2.75, 3.05) is 24.7 Å². The summed E-state index contributed by atoms with van der Waals surface area (Å²) >= 11 is 4.16. The molecule has 1 fully saturated rings. The van der Waals surface area contributed by atoms with Crippen LogP contribution in [0.3, 0.4) is 0 Å². The highest BCUT2D eigenvalue weighted by atomic mass is 32.2. The third kappa shape index (κ3) is 3.63. The summed E-state index contributed by atoms with van der Waals surface area (Å²) in [6.45, 7) is 0. The Morgan fingerprint density at radius 3 is 2.79 bits per heavy atom. The lowest BCUT2D eigenvalue weighted by Gasteiger charge is -2.49. The molecule has 0 spiro atoms. The van der Waals surface area contributed by atoms with Crippen molar-refractivity contribution in [3.8, 4) is 0 Å². The van der Waals surface area contributed by atoms with Crippen molar-refractivity contribution < 1.29 is 19.5 Å². The molecule has 2 atom stereocenters. The average molecular weight is 452 g/mol. The summed E-state index contributed by atoms with van der Waals surface area (Å²) in [5.74, 6) is -1.50. The number of thiophene rings is 1. The number of thioether (sulfide) groups is 1. The van der Waals surface area contributed by atoms with Gasteiger partial charge in [-0.05, 0) is 11.4 Å². The molecule has 4 rings (SSSR count). The van der Waals surface area contributed by atoms with Crippen molar-refractivity contribution in [1.82, 2.24) is 20.4 Å². The van der Waals surface area contributed by atoms with Crippen molar-refractivity contribution >= 4 is 62.9 Å². The van der Waals surface area contributed by atoms with E-state index in [1.54, 1.807) is 4.90 Å². The van der Waals surface area contributed by atoms with E-state index < -0.39 is 23.3 Å². The van der Waals surface area contributed by atoms with E-state index in [4.69, 9.17) is 0 Å². The molecular weight excluding hydrogens is 434 g/mol. The van der Waals surface area contributed by atoms with Crippen molar-refractivity contribution in [3.63, 3.8) is 0 Å². The predicted molar refractivity (Wildman–Crippen MR) is 112 cm³/mol. The van der Waals surface area contributed by atoms with Crippen LogP contribution in [0.25, 0.3) is 5.57 Å². The SMILES string of the molecule is CN(C)c1nnc(C2=C(C(=O)O)N3C(=O)C(NC(=O)Cc4cccs4)[C@@H]3SC2)s1. The highest BCUT2D eigenvalue weighted by Gasteiger charge is 2.54. The molecule has 0 radical (unpaired) electrons. The fourth-order valence-electron chi connectivity index (χ4n) is 3.10. The molecule has 2 aliphatic heterocycles. The Balaban J connectivity index is 1.54. The molecule has 0 aliphatic carbocycles. The molecule has 2 N–H and O–H groups in total. The number of carboxylic acid groups (broad SMARTS) is 1. The fourth-order valence-corrected chi connectivity index (χ4v) is 6.05. The fraction of sp³-hybridized carbons (Fsp3) is 0.353. The minimum Gasteiger partial charge on any atom is -0.477 e. The number of fused-ring (bicyclic) bond motifs is 1. The number of amides is 2. The first-order valence-corrected chi connectivity index (χ1v) is 11.4. The number of nitrogens with zero attached hydrogens (tertiary/aromatic N) is 4. The van der Waals surface area contributed by atoms with Crippen LogP contribution in [0.15, 0.2) is 23.2 Å². The molecule has 12 heteroatoms. The Kier molecular flexibility index (Phi) is 5.32. The summed E-state index contributed by atoms with van der Waals surface area (Å²) in [4.78, 5) is 40.9. The average Bonchev–Trinajstić information content (AvgIpc) is 3.36. The van der Waals surface area contributed by atoms with Gasteiger partial charge in [-0.2, -0.15) is 0 Å². The molecule has 152 valence electrons. The van der Waals surface area contributed by atoms with Crippen LogP contribution < -0.4 is 10.2 Å². The van der Waals surface area contributed by atoms with E-state index in [-0.39, 0.29) is 18.0 Å². The predicted octanol–water partition coefficient (Wildman–Crippen LogP) is 1.10. The van der Waals surface area contributed by atoms with Gasteiger partial charge in [-0.3, -0.25) is 14.5 Å². The van der Waals surface area contributed by atoms with Crippen LogP contribution in [0.1, 0.15) is 9.88 Å². The Labute approximate surface area is 178 Å². The number of anilines is 1. The smallest absolute Gasteiger partial charge is 0.353 e. The van der Waals surface area contributed by atoms with Gasteiger partial charge in [0.1, 0.15) is 22.1 Å². The monoisotopic (exact) mass is 451 g/mol. The summed E-state index contributed by atoms with van der Waals surface area (Å²) in [5.41, 5.74) is 0.394. The molecule has 0 aromatic carbocycles. The third-order valence-corrected chi connectivity index (χ3v) is 7.76. The molecule has 29 heavy (non-hydrogen) atoms. The molecular formula is C17H17N5O4S3. The number of aromatic nitrogens is 2. The van der Waals surface area contributed by atoms with Crippen molar-refractivity contribution in [2.45, 2.75) is 17.8 Å². The van der Waals surface area contributed by atoms with E-state index in [9.17, 15) is 19.5 Å². The minimum absolute atomic E-state index is 0.0797. The van der Waals surface area contributed by atoms with Gasteiger partial charge in [0, 0.05) is 30.3 Å². The zero-order valence-corrected chi connectivity index (χ0v) is 17.9. The van der Waals surface area contributed by atoms with Crippen LogP contribution in [-0.4, -0.2) is 69.3 Å². The van der Waals surface area contributed by atoms with Crippen molar-refractivity contribution in [1.29, 1.82) is 0 Å². The molecule has 2 amide bonds. The van der Waals surface area contributed by atoms with Gasteiger partial charge < -0.3 is 15.3 Å². The number of carbonyl (C=O) groups excluding carboxylic acids is 2. The molecule has 9 nitrogen and oxygen atoms in total. The molecule has 0 saturated carbocycles. The molecule has 0 bridgehead atoms. The van der Waals surface area contributed by atoms with Crippen LogP contribution in [0, 0.1) is 0 Å². The maximum Gasteiger partial charge on any atom is 0.353 e. The van der Waals surface area contributed by atoms with Gasteiger partial charge in [0.2, 0.25) is 11.0 Å². The lowest BCUT2D eigenvalue weighted by atomic mass is 10.0. The maximum atomic E-state index is 12.7. The largest absolute Gasteiger partial charge is 0.477 e. The lowest BCUT2D eigenvalue weighted by molar-refractivity contribution is -0.150. The lowest BCUT2D eigenvalue weighted by Crippen LogP contribution is -2.70. The van der Waals surface area contributed by atoms with Crippen LogP contribution in [0.2, 0.25) is 0 Å². The molecule has 1 saturated heterocycles. The van der Waals surface area contributed by atoms with Crippen molar-refractivity contribution in [2.24, 2.45) is 0 Å². The number of hydrogen-bond acceptors (Lipinski definition) is 9. The van der Waals surface area contributed by atoms with E-state index in [0.29, 0.717) is 21.5 Å². The highest BCUT2D eigenvalue weighted by Crippen LogP contribution is 2.44. The number of nitrogens with one attached hydrogen (secondary N) is 1. The van der Waals surface area contributed by atoms with Crippen LogP contribution in [-0.2, 0) is 20.8 Å². The first kappa shape index (κ1) is 19.9. The Morgan fingerprint density at radius 1 is 1.38 bits per heavy atom. The molecule has 2 aromatic heterocycles. The summed E-state index contributed by atoms with van der Waals surface area (Å²) in [7, 11) is 3.65. The first-order valence-electron chi connectivity index (χ1n) is 8.61. The standard InChI is InChI=1S/C17H17N5O4S3/c1-21(2)17-20-19-13(29-17)9-7-28-15-11(14(24)22(15)12(9)16(25)26)18-10(23)6-8-4-3-5-27-8/h3-5,11,15H,6-7H2,1-2H3,(H,18,23)(H,25,26)/t11?,15-/m0/s1. The second-order valence-corrected chi connectivity index (χ2v) is 9.72. The van der Waals surface area contributed by atoms with Gasteiger partial charge in [-0.15, -0.1) is 33.3 Å². The molecule has 4 heterocycles. The van der Waals surface area contributed by atoms with E-state index in [0.717, 1.165) is 4.88 Å². The van der Waals surface area contributed by atoms with E-state index in [2.05, 4.69) is 15.5 Å². The second kappa shape index (κ2) is 7.76. The molecule has 1 unspecified atom stereocenters. The minimum atomic E-state index is -1.19. The maximum absolute atomic E-state index is 12.7. The van der Waals surface area contributed by atoms with Gasteiger partial charge in [0.15, 0.2) is 0 Å². The van der Waals surface area contributed by atoms with Crippen LogP contribution in [0.4, 0.5) is 5.13 Å². The van der Waals surface area contributed by atoms with E-state index >= 15 is 0 Å². The van der Waals surface area contributed by atoms with E-state index in [1.165, 1.54) is 39.3 Å². The van der Waals surface area contributed by atoms with Gasteiger partial charge in [0.05, 0.1) is 6.42 Å². The normalized spacial score (nSPS) is 20.9. The Hall–Kier alpha value is -2.44. The molecule has 2 aromatic rings. The number of hydrogen-bond donors (Lipinski definition) is 2. The highest BCUT2D eigenvalue weighted by molar-refractivity contribution is 8.00. The zero-order valence-electron chi connectivity index (χ0n) is 15.5. The van der Waals surface area contributed by atoms with E-state index in [1.807, 2.05) is 31.6 Å². The summed E-state index contributed by atoms with van der Waals surface area (Å²) < 4.78 is 0. The Morgan fingerprint density at radius 2 is 2.17 bits per heavy atom. The van der Waals surface area contributed by atoms with Gasteiger partial charge >= 0.3 is 5.97 Å². The third-order valence-electron chi connectivity index (χ3n) is 4.46. The number of aliphatic carboxylic acids is 1. The van der Waals surface area contributed by atoms with Crippen LogP contribution >= 0.6 is 34.4 Å². The number of β-lactam (4-membered cyclic amide) rings is 1. The quantitative estimate of drug-likeness (QED) is 0.628. The Bertz CT molecular complexity index is 1000. The van der Waals surface area contributed by atoms with Gasteiger partial charge in [-0.1, -0.05) is 17.4 Å². The van der Waals surface area contributed by atoms with Crippen molar-refractivity contribution in [3.05, 3.63) is 33.1 Å². The summed E-state index contributed by atoms with van der Waals surface area (Å²) in [6.07, 6.45) is 0.198. The first-order chi connectivity index (χ1) is 13.9. The van der Waals surface area contributed by atoms with Crippen LogP contribution in [0.5, 0.6) is 0 Å². The number of rotatable bonds is 6. The summed E-state index contributed by atoms with van der Waals surface area (Å²) in [5, 5.41) is 23.2. The second-order valence-electron chi connectivity index (χ2n) is 6.63. The topological polar surface area (TPSA) is 116 Å². The molecule has 2 aliphatic rings. The number of carbonyl (C=O) groups is 3. The number of carboxylic acids is 1. The zero-order chi connectivity index (χ0) is 20.7.